The topological polar surface area (TPSA) is 94.8 Å². The summed E-state index contributed by atoms with van der Waals surface area (Å²) in [5.74, 6) is -0.474. The summed E-state index contributed by atoms with van der Waals surface area (Å²) >= 11 is 0. The molecule has 3 aromatic rings. The van der Waals surface area contributed by atoms with E-state index in [1.165, 1.54) is 0 Å². The van der Waals surface area contributed by atoms with Gasteiger partial charge in [0, 0.05) is 23.0 Å². The van der Waals surface area contributed by atoms with Gasteiger partial charge in [-0.25, -0.2) is 4.99 Å². The number of aromatic nitrogens is 3. The van der Waals surface area contributed by atoms with Crippen LogP contribution in [0.25, 0.3) is 17.0 Å². The van der Waals surface area contributed by atoms with Gasteiger partial charge in [0.1, 0.15) is 6.07 Å². The van der Waals surface area contributed by atoms with E-state index in [4.69, 9.17) is 5.26 Å². The molecule has 1 aliphatic rings. The fourth-order valence-electron chi connectivity index (χ4n) is 2.79. The molecule has 0 radical (unpaired) electrons. The van der Waals surface area contributed by atoms with Gasteiger partial charge < -0.3 is 0 Å². The van der Waals surface area contributed by atoms with Crippen molar-refractivity contribution in [1.82, 2.24) is 15.2 Å². The second kappa shape index (κ2) is 5.14. The van der Waals surface area contributed by atoms with Crippen LogP contribution in [0, 0.1) is 17.2 Å². The van der Waals surface area contributed by atoms with E-state index >= 15 is 0 Å². The number of hydrogen-bond donors (Lipinski definition) is 1. The Labute approximate surface area is 130 Å². The average Bonchev–Trinajstić information content (AvgIpc) is 2.98. The second-order valence-corrected chi connectivity index (χ2v) is 5.43. The van der Waals surface area contributed by atoms with Crippen LogP contribution in [0.3, 0.4) is 0 Å². The van der Waals surface area contributed by atoms with Crippen LogP contribution in [-0.2, 0) is 11.2 Å². The molecule has 1 unspecified atom stereocenters. The summed E-state index contributed by atoms with van der Waals surface area (Å²) in [6.45, 7) is 0. The van der Waals surface area contributed by atoms with Crippen molar-refractivity contribution in [3.63, 3.8) is 0 Å². The number of H-pyrrole nitrogens is 1. The lowest BCUT2D eigenvalue weighted by atomic mass is 9.95. The lowest BCUT2D eigenvalue weighted by molar-refractivity contribution is -0.120. The summed E-state index contributed by atoms with van der Waals surface area (Å²) in [7, 11) is 0. The van der Waals surface area contributed by atoms with Gasteiger partial charge in [-0.15, -0.1) is 0 Å². The Bertz CT molecular complexity index is 1090. The molecule has 0 aliphatic carbocycles. The number of nitrogens with one attached hydrogen (secondary N) is 1. The number of aromatic amines is 1. The second-order valence-electron chi connectivity index (χ2n) is 5.43. The number of benzene rings is 1. The molecular weight excluding hydrogens is 290 g/mol. The van der Waals surface area contributed by atoms with Gasteiger partial charge in [0.25, 0.3) is 5.91 Å². The summed E-state index contributed by atoms with van der Waals surface area (Å²) < 4.78 is 0. The van der Waals surface area contributed by atoms with Gasteiger partial charge in [-0.3, -0.25) is 14.9 Å². The van der Waals surface area contributed by atoms with Gasteiger partial charge in [-0.05, 0) is 30.2 Å². The number of nitriles is 1. The maximum atomic E-state index is 12.2. The number of carbonyl (C=O) groups is 1. The fraction of sp³-hybridized carbons (Fsp3) is 0.118. The fourth-order valence-corrected chi connectivity index (χ4v) is 2.79. The highest BCUT2D eigenvalue weighted by Crippen LogP contribution is 2.20. The molecule has 3 heterocycles. The van der Waals surface area contributed by atoms with Gasteiger partial charge in [0.2, 0.25) is 0 Å². The third kappa shape index (κ3) is 2.28. The van der Waals surface area contributed by atoms with Crippen molar-refractivity contribution >= 4 is 22.9 Å². The van der Waals surface area contributed by atoms with Gasteiger partial charge in [-0.2, -0.15) is 10.4 Å². The predicted octanol–water partition coefficient (Wildman–Crippen LogP) is 0.629. The Morgan fingerprint density at radius 3 is 3.09 bits per heavy atom. The highest BCUT2D eigenvalue weighted by Gasteiger charge is 2.19. The van der Waals surface area contributed by atoms with Gasteiger partial charge >= 0.3 is 0 Å². The molecule has 0 bridgehead atoms. The van der Waals surface area contributed by atoms with Gasteiger partial charge in [-0.1, -0.05) is 12.1 Å². The van der Waals surface area contributed by atoms with Crippen LogP contribution in [0.5, 0.6) is 0 Å². The van der Waals surface area contributed by atoms with Crippen molar-refractivity contribution in [3.05, 3.63) is 58.5 Å². The predicted molar refractivity (Wildman–Crippen MR) is 82.5 cm³/mol. The Balaban J connectivity index is 1.72. The summed E-state index contributed by atoms with van der Waals surface area (Å²) in [5, 5.41) is 18.2. The number of hydrogen-bond acceptors (Lipinski definition) is 4. The standard InChI is InChI=1S/C17H11N5O/c18-8-16-13-6-10(1-2-15(13)21-22-16)5-11-7-12-9-19-4-3-14(12)20-17(11)23/h1-4,6-7,9,11H,5H2,(H,21,22). The number of rotatable bonds is 2. The molecule has 0 fully saturated rings. The molecule has 2 aromatic heterocycles. The molecule has 4 rings (SSSR count). The first kappa shape index (κ1) is 13.3. The highest BCUT2D eigenvalue weighted by atomic mass is 16.1. The minimum absolute atomic E-state index is 0.156. The van der Waals surface area contributed by atoms with Gasteiger partial charge in [0.05, 0.1) is 16.8 Å². The summed E-state index contributed by atoms with van der Waals surface area (Å²) in [4.78, 5) is 20.4. The highest BCUT2D eigenvalue weighted by molar-refractivity contribution is 5.87. The SMILES string of the molecule is N#Cc1n[nH]c2ccc(CC3C=c4cnccc4=NC3=O)cc12. The van der Waals surface area contributed by atoms with Crippen LogP contribution in [0.2, 0.25) is 0 Å². The molecule has 1 amide bonds. The molecule has 0 saturated carbocycles. The van der Waals surface area contributed by atoms with E-state index in [-0.39, 0.29) is 11.8 Å². The molecule has 0 saturated heterocycles. The molecule has 1 aromatic carbocycles. The molecule has 110 valence electrons. The zero-order valence-electron chi connectivity index (χ0n) is 12.0. The molecule has 1 atom stereocenters. The summed E-state index contributed by atoms with van der Waals surface area (Å²) in [6, 6.07) is 9.50. The molecular formula is C17H11N5O. The molecule has 23 heavy (non-hydrogen) atoms. The lowest BCUT2D eigenvalue weighted by Gasteiger charge is -2.12. The Morgan fingerprint density at radius 1 is 1.30 bits per heavy atom. The summed E-state index contributed by atoms with van der Waals surface area (Å²) in [6.07, 6.45) is 5.77. The average molecular weight is 301 g/mol. The van der Waals surface area contributed by atoms with E-state index in [9.17, 15) is 4.79 Å². The van der Waals surface area contributed by atoms with E-state index in [1.807, 2.05) is 24.3 Å². The summed E-state index contributed by atoms with van der Waals surface area (Å²) in [5.41, 5.74) is 2.14. The van der Waals surface area contributed by atoms with E-state index in [2.05, 4.69) is 26.2 Å². The maximum absolute atomic E-state index is 12.2. The van der Waals surface area contributed by atoms with Crippen LogP contribution >= 0.6 is 0 Å². The van der Waals surface area contributed by atoms with E-state index in [0.717, 1.165) is 21.7 Å². The number of nitrogens with zero attached hydrogens (tertiary/aromatic N) is 4. The Kier molecular flexibility index (Phi) is 2.98. The molecule has 6 nitrogen and oxygen atoms in total. The van der Waals surface area contributed by atoms with Crippen molar-refractivity contribution in [3.8, 4) is 6.07 Å². The zero-order chi connectivity index (χ0) is 15.8. The third-order valence-electron chi connectivity index (χ3n) is 3.95. The quantitative estimate of drug-likeness (QED) is 0.751. The molecule has 1 aliphatic heterocycles. The maximum Gasteiger partial charge on any atom is 0.253 e. The Hall–Kier alpha value is -3.33. The van der Waals surface area contributed by atoms with Crippen LogP contribution in [-0.4, -0.2) is 21.1 Å². The van der Waals surface area contributed by atoms with Gasteiger partial charge in [0.15, 0.2) is 5.69 Å². The van der Waals surface area contributed by atoms with E-state index in [0.29, 0.717) is 17.5 Å². The van der Waals surface area contributed by atoms with Crippen LogP contribution in [0.15, 0.2) is 41.7 Å². The minimum atomic E-state index is -0.318. The third-order valence-corrected chi connectivity index (χ3v) is 3.95. The first-order chi connectivity index (χ1) is 11.2. The molecule has 0 spiro atoms. The monoisotopic (exact) mass is 301 g/mol. The van der Waals surface area contributed by atoms with Crippen LogP contribution in [0.4, 0.5) is 0 Å². The number of fused-ring (bicyclic) bond motifs is 2. The van der Waals surface area contributed by atoms with Crippen molar-refractivity contribution in [2.24, 2.45) is 10.9 Å². The van der Waals surface area contributed by atoms with E-state index in [1.54, 1.807) is 18.5 Å². The van der Waals surface area contributed by atoms with Crippen LogP contribution in [0.1, 0.15) is 11.3 Å². The van der Waals surface area contributed by atoms with Crippen molar-refractivity contribution in [2.45, 2.75) is 6.42 Å². The smallest absolute Gasteiger partial charge is 0.253 e. The van der Waals surface area contributed by atoms with E-state index < -0.39 is 0 Å². The number of amides is 1. The number of pyridine rings is 1. The Morgan fingerprint density at radius 2 is 2.22 bits per heavy atom. The largest absolute Gasteiger partial charge is 0.276 e. The van der Waals surface area contributed by atoms with Crippen molar-refractivity contribution < 1.29 is 4.79 Å². The van der Waals surface area contributed by atoms with Crippen molar-refractivity contribution in [1.29, 1.82) is 5.26 Å². The first-order valence-electron chi connectivity index (χ1n) is 7.16. The van der Waals surface area contributed by atoms with Crippen molar-refractivity contribution in [2.75, 3.05) is 0 Å². The van der Waals surface area contributed by atoms with Crippen LogP contribution < -0.4 is 10.6 Å². The zero-order valence-corrected chi connectivity index (χ0v) is 12.0. The first-order valence-corrected chi connectivity index (χ1v) is 7.16. The minimum Gasteiger partial charge on any atom is -0.276 e. The normalized spacial score (nSPS) is 16.3. The molecule has 1 N–H and O–H groups in total. The molecule has 6 heteroatoms. The number of carbonyl (C=O) groups excluding carboxylic acids is 1. The lowest BCUT2D eigenvalue weighted by Crippen LogP contribution is -2.34.